The van der Waals surface area contributed by atoms with Gasteiger partial charge in [0.05, 0.1) is 6.61 Å². The Bertz CT molecular complexity index is 1600. The van der Waals surface area contributed by atoms with Crippen LogP contribution in [0, 0.1) is 20.2 Å². The third kappa shape index (κ3) is 9.44. The first kappa shape index (κ1) is 33.8. The van der Waals surface area contributed by atoms with E-state index in [9.17, 15) is 25.0 Å². The summed E-state index contributed by atoms with van der Waals surface area (Å²) in [6.07, 6.45) is 2.93. The monoisotopic (exact) mass is 656 g/mol. The van der Waals surface area contributed by atoms with Gasteiger partial charge in [-0.1, -0.05) is 79.9 Å². The molecule has 0 radical (unpaired) electrons. The number of aromatic nitrogens is 6. The highest BCUT2D eigenvalue weighted by Crippen LogP contribution is 2.30. The van der Waals surface area contributed by atoms with Crippen LogP contribution in [-0.4, -0.2) is 65.6 Å². The first-order chi connectivity index (χ1) is 22.3. The molecule has 0 amide bonds. The summed E-state index contributed by atoms with van der Waals surface area (Å²) in [4.78, 5) is 47.3. The van der Waals surface area contributed by atoms with E-state index >= 15 is 0 Å². The van der Waals surface area contributed by atoms with Crippen molar-refractivity contribution in [2.45, 2.75) is 64.5 Å². The molecule has 0 spiro atoms. The molecular formula is C29H33ClN8O8. The number of halogens is 1. The molecule has 4 aromatic rings. The lowest BCUT2D eigenvalue weighted by Gasteiger charge is -2.14. The second-order valence-corrected chi connectivity index (χ2v) is 10.7. The van der Waals surface area contributed by atoms with Crippen LogP contribution < -0.4 is 0 Å². The number of benzene rings is 2. The van der Waals surface area contributed by atoms with Crippen LogP contribution in [0.3, 0.4) is 0 Å². The Morgan fingerprint density at radius 2 is 1.78 bits per heavy atom. The minimum atomic E-state index is -1.08. The van der Waals surface area contributed by atoms with Gasteiger partial charge >= 0.3 is 5.97 Å². The van der Waals surface area contributed by atoms with Crippen molar-refractivity contribution in [2.75, 3.05) is 13.2 Å². The number of ether oxygens (including phenoxy) is 1. The summed E-state index contributed by atoms with van der Waals surface area (Å²) in [6, 6.07) is 15.7. The first-order valence-electron chi connectivity index (χ1n) is 14.7. The molecule has 0 saturated heterocycles. The van der Waals surface area contributed by atoms with Crippen molar-refractivity contribution in [1.82, 2.24) is 30.2 Å². The van der Waals surface area contributed by atoms with Crippen LogP contribution in [0.25, 0.3) is 22.5 Å². The number of hydrogen-bond donors (Lipinski definition) is 1. The molecule has 2 heterocycles. The predicted molar refractivity (Wildman–Crippen MR) is 164 cm³/mol. The largest absolute Gasteiger partial charge is 0.461 e. The van der Waals surface area contributed by atoms with Gasteiger partial charge in [-0.25, -0.2) is 14.9 Å². The van der Waals surface area contributed by atoms with E-state index < -0.39 is 28.9 Å². The molecule has 1 atom stereocenters. The van der Waals surface area contributed by atoms with E-state index in [0.717, 1.165) is 35.1 Å². The molecule has 0 aliphatic heterocycles. The summed E-state index contributed by atoms with van der Waals surface area (Å²) in [6.45, 7) is 1.94. The molecule has 244 valence electrons. The Balaban J connectivity index is 1.40. The fourth-order valence-electron chi connectivity index (χ4n) is 4.86. The number of aromatic amines is 1. The summed E-state index contributed by atoms with van der Waals surface area (Å²) < 4.78 is 7.31. The smallest absolute Gasteiger partial charge is 0.358 e. The maximum Gasteiger partial charge on any atom is 0.358 e. The number of H-pyrrole nitrogens is 1. The molecule has 46 heavy (non-hydrogen) atoms. The number of aryl methyl sites for hydroxylation is 1. The van der Waals surface area contributed by atoms with Crippen LogP contribution in [-0.2, 0) is 27.4 Å². The zero-order valence-corrected chi connectivity index (χ0v) is 25.8. The lowest BCUT2D eigenvalue weighted by Crippen LogP contribution is -2.24. The van der Waals surface area contributed by atoms with Crippen LogP contribution in [0.15, 0.2) is 48.5 Å². The maximum atomic E-state index is 13.2. The first-order valence-corrected chi connectivity index (χ1v) is 15.1. The minimum Gasteiger partial charge on any atom is -0.461 e. The van der Waals surface area contributed by atoms with Crippen molar-refractivity contribution in [2.24, 2.45) is 0 Å². The van der Waals surface area contributed by atoms with Gasteiger partial charge < -0.3 is 19.0 Å². The number of nitrogens with one attached hydrogen (secondary N) is 1. The van der Waals surface area contributed by atoms with E-state index in [2.05, 4.69) is 42.2 Å². The van der Waals surface area contributed by atoms with E-state index in [4.69, 9.17) is 16.3 Å². The standard InChI is InChI=1S/C29H33ClN8O8/c1-2-3-12-25-31-27(30)26(29(39)44-17-8-4-5-9-22(46-38(42)43)19-45-37(40)41)36(25)18-20-13-15-21(16-14-20)23-10-6-7-11-24(23)28-32-34-35-33-28/h6-7,10-11,13-16,22H,2-5,8-9,12,17-19H2,1H3,(H,32,33,34,35). The van der Waals surface area contributed by atoms with Gasteiger partial charge in [-0.3, -0.25) is 0 Å². The van der Waals surface area contributed by atoms with E-state index in [0.29, 0.717) is 43.9 Å². The lowest BCUT2D eigenvalue weighted by atomic mass is 9.98. The second-order valence-electron chi connectivity index (χ2n) is 10.3. The number of hydrogen-bond acceptors (Lipinski definition) is 12. The zero-order chi connectivity index (χ0) is 32.9. The normalized spacial score (nSPS) is 11.6. The molecule has 2 aromatic carbocycles. The Labute approximate surface area is 268 Å². The molecule has 0 fully saturated rings. The molecule has 1 unspecified atom stereocenters. The molecule has 16 nitrogen and oxygen atoms in total. The highest BCUT2D eigenvalue weighted by Gasteiger charge is 2.24. The molecule has 0 aliphatic rings. The zero-order valence-electron chi connectivity index (χ0n) is 25.0. The SMILES string of the molecule is CCCCc1nc(Cl)c(C(=O)OCCCCCC(CO[N+](=O)[O-])O[N+](=O)[O-])n1Cc1ccc(-c2ccccc2-c2nnn[nH]2)cc1. The number of unbranched alkanes of at least 4 members (excludes halogenated alkanes) is 3. The van der Waals surface area contributed by atoms with Crippen LogP contribution in [0.1, 0.15) is 67.3 Å². The van der Waals surface area contributed by atoms with Crippen LogP contribution in [0.2, 0.25) is 5.15 Å². The Morgan fingerprint density at radius 1 is 1.02 bits per heavy atom. The Hall–Kier alpha value is -5.12. The summed E-state index contributed by atoms with van der Waals surface area (Å²) >= 11 is 6.47. The summed E-state index contributed by atoms with van der Waals surface area (Å²) in [7, 11) is 0. The van der Waals surface area contributed by atoms with Gasteiger partial charge in [0.2, 0.25) is 0 Å². The molecule has 0 bridgehead atoms. The number of nitrogens with zero attached hydrogens (tertiary/aromatic N) is 7. The van der Waals surface area contributed by atoms with E-state index in [1.807, 2.05) is 48.5 Å². The molecule has 1 N–H and O–H groups in total. The topological polar surface area (TPSA) is 203 Å². The average molecular weight is 657 g/mol. The van der Waals surface area contributed by atoms with Crippen molar-refractivity contribution in [3.05, 3.63) is 91.0 Å². The van der Waals surface area contributed by atoms with Crippen LogP contribution in [0.5, 0.6) is 0 Å². The number of carbonyl (C=O) groups is 1. The predicted octanol–water partition coefficient (Wildman–Crippen LogP) is 5.28. The van der Waals surface area contributed by atoms with Gasteiger partial charge in [-0.15, -0.1) is 25.3 Å². The van der Waals surface area contributed by atoms with E-state index in [1.165, 1.54) is 0 Å². The average Bonchev–Trinajstić information content (AvgIpc) is 3.68. The molecular weight excluding hydrogens is 624 g/mol. The van der Waals surface area contributed by atoms with Gasteiger partial charge in [-0.2, -0.15) is 0 Å². The highest BCUT2D eigenvalue weighted by atomic mass is 35.5. The van der Waals surface area contributed by atoms with Gasteiger partial charge in [0, 0.05) is 18.5 Å². The van der Waals surface area contributed by atoms with Gasteiger partial charge in [0.15, 0.2) is 16.7 Å². The fraction of sp³-hybridized carbons (Fsp3) is 0.414. The quantitative estimate of drug-likeness (QED) is 0.0593. The van der Waals surface area contributed by atoms with Crippen molar-refractivity contribution >= 4 is 17.6 Å². The van der Waals surface area contributed by atoms with Gasteiger partial charge in [0.25, 0.3) is 10.2 Å². The third-order valence-corrected chi connectivity index (χ3v) is 7.35. The van der Waals surface area contributed by atoms with E-state index in [1.54, 1.807) is 4.57 Å². The summed E-state index contributed by atoms with van der Waals surface area (Å²) in [5, 5.41) is 33.2. The van der Waals surface area contributed by atoms with Gasteiger partial charge in [0.1, 0.15) is 18.5 Å². The fourth-order valence-corrected chi connectivity index (χ4v) is 5.14. The van der Waals surface area contributed by atoms with E-state index in [-0.39, 0.29) is 23.9 Å². The van der Waals surface area contributed by atoms with Crippen LogP contribution in [0.4, 0.5) is 0 Å². The van der Waals surface area contributed by atoms with Gasteiger partial charge in [-0.05, 0) is 52.8 Å². The van der Waals surface area contributed by atoms with Crippen molar-refractivity contribution < 1.29 is 29.4 Å². The van der Waals surface area contributed by atoms with Crippen molar-refractivity contribution in [1.29, 1.82) is 0 Å². The Kier molecular flexibility index (Phi) is 12.3. The molecule has 0 saturated carbocycles. The maximum absolute atomic E-state index is 13.2. The third-order valence-electron chi connectivity index (χ3n) is 7.09. The number of tetrazole rings is 1. The molecule has 17 heteroatoms. The molecule has 2 aromatic heterocycles. The second kappa shape index (κ2) is 16.8. The van der Waals surface area contributed by atoms with Crippen molar-refractivity contribution in [3.63, 3.8) is 0 Å². The minimum absolute atomic E-state index is 0.0629. The molecule has 0 aliphatic carbocycles. The molecule has 4 rings (SSSR count). The number of imidazole rings is 1. The number of esters is 1. The summed E-state index contributed by atoms with van der Waals surface area (Å²) in [5.41, 5.74) is 3.87. The number of carbonyl (C=O) groups excluding carboxylic acids is 1. The number of rotatable bonds is 19. The lowest BCUT2D eigenvalue weighted by molar-refractivity contribution is -0.790. The highest BCUT2D eigenvalue weighted by molar-refractivity contribution is 6.32. The van der Waals surface area contributed by atoms with Crippen molar-refractivity contribution in [3.8, 4) is 22.5 Å². The van der Waals surface area contributed by atoms with Crippen LogP contribution >= 0.6 is 11.6 Å². The summed E-state index contributed by atoms with van der Waals surface area (Å²) in [5.74, 6) is 0.631. The Morgan fingerprint density at radius 3 is 2.46 bits per heavy atom.